The van der Waals surface area contributed by atoms with Crippen LogP contribution in [-0.2, 0) is 9.84 Å². The van der Waals surface area contributed by atoms with Gasteiger partial charge in [0.2, 0.25) is 0 Å². The van der Waals surface area contributed by atoms with Crippen molar-refractivity contribution in [1.29, 1.82) is 0 Å². The summed E-state index contributed by atoms with van der Waals surface area (Å²) in [5.41, 5.74) is 1.64. The molecule has 0 saturated heterocycles. The van der Waals surface area contributed by atoms with Crippen LogP contribution in [0.2, 0.25) is 0 Å². The average Bonchev–Trinajstić information content (AvgIpc) is 2.46. The van der Waals surface area contributed by atoms with Crippen molar-refractivity contribution in [2.45, 2.75) is 10.3 Å². The van der Waals surface area contributed by atoms with Gasteiger partial charge in [-0.05, 0) is 35.4 Å². The molecule has 0 aliphatic rings. The van der Waals surface area contributed by atoms with Crippen molar-refractivity contribution in [2.75, 3.05) is 13.4 Å². The number of halogens is 1. The molecule has 106 valence electrons. The van der Waals surface area contributed by atoms with Crippen LogP contribution in [0, 0.1) is 0 Å². The molecule has 2 aromatic rings. The number of ether oxygens (including phenoxy) is 1. The third-order valence-electron chi connectivity index (χ3n) is 2.99. The molecular formula is C15H15ClO3S. The summed E-state index contributed by atoms with van der Waals surface area (Å²) in [6, 6.07) is 14.1. The van der Waals surface area contributed by atoms with Crippen molar-refractivity contribution < 1.29 is 13.2 Å². The first-order valence-corrected chi connectivity index (χ1v) is 8.32. The topological polar surface area (TPSA) is 43.4 Å². The Kier molecular flexibility index (Phi) is 4.35. The highest BCUT2D eigenvalue weighted by molar-refractivity contribution is 7.90. The minimum absolute atomic E-state index is 0.272. The molecule has 3 nitrogen and oxygen atoms in total. The summed E-state index contributed by atoms with van der Waals surface area (Å²) in [6.07, 6.45) is 1.18. The lowest BCUT2D eigenvalue weighted by atomic mass is 10.0. The van der Waals surface area contributed by atoms with Crippen molar-refractivity contribution in [1.82, 2.24) is 0 Å². The van der Waals surface area contributed by atoms with E-state index in [1.54, 1.807) is 25.3 Å². The Bertz CT molecular complexity index is 693. The van der Waals surface area contributed by atoms with E-state index in [4.69, 9.17) is 16.3 Å². The highest BCUT2D eigenvalue weighted by atomic mass is 35.5. The lowest BCUT2D eigenvalue weighted by Gasteiger charge is -2.12. The monoisotopic (exact) mass is 310 g/mol. The van der Waals surface area contributed by atoms with Gasteiger partial charge in [-0.2, -0.15) is 0 Å². The van der Waals surface area contributed by atoms with Gasteiger partial charge in [-0.3, -0.25) is 0 Å². The molecule has 2 rings (SSSR count). The second-order valence-corrected chi connectivity index (χ2v) is 6.93. The molecule has 0 spiro atoms. The van der Waals surface area contributed by atoms with E-state index in [1.165, 1.54) is 6.26 Å². The molecule has 0 saturated carbocycles. The second-order valence-electron chi connectivity index (χ2n) is 4.48. The Morgan fingerprint density at radius 2 is 1.70 bits per heavy atom. The van der Waals surface area contributed by atoms with Gasteiger partial charge < -0.3 is 4.74 Å². The highest BCUT2D eigenvalue weighted by Crippen LogP contribution is 2.30. The zero-order valence-electron chi connectivity index (χ0n) is 11.2. The molecule has 0 bridgehead atoms. The summed E-state index contributed by atoms with van der Waals surface area (Å²) in [6.45, 7) is 0. The Morgan fingerprint density at radius 3 is 2.25 bits per heavy atom. The number of hydrogen-bond donors (Lipinski definition) is 0. The first kappa shape index (κ1) is 14.9. The molecule has 0 aliphatic heterocycles. The van der Waals surface area contributed by atoms with Gasteiger partial charge in [-0.15, -0.1) is 11.6 Å². The van der Waals surface area contributed by atoms with Crippen LogP contribution in [0.5, 0.6) is 5.75 Å². The van der Waals surface area contributed by atoms with Crippen LogP contribution in [0.4, 0.5) is 0 Å². The molecule has 20 heavy (non-hydrogen) atoms. The van der Waals surface area contributed by atoms with Gasteiger partial charge in [0, 0.05) is 6.26 Å². The second kappa shape index (κ2) is 5.85. The number of rotatable bonds is 4. The number of methoxy groups -OCH3 is 1. The molecular weight excluding hydrogens is 296 g/mol. The fourth-order valence-electron chi connectivity index (χ4n) is 1.87. The minimum atomic E-state index is -3.23. The van der Waals surface area contributed by atoms with E-state index in [-0.39, 0.29) is 4.90 Å². The smallest absolute Gasteiger partial charge is 0.175 e. The molecule has 1 unspecified atom stereocenters. The fourth-order valence-corrected chi connectivity index (χ4v) is 2.83. The van der Waals surface area contributed by atoms with Crippen LogP contribution in [0.1, 0.15) is 16.5 Å². The van der Waals surface area contributed by atoms with Crippen LogP contribution in [-0.4, -0.2) is 21.8 Å². The molecule has 0 N–H and O–H groups in total. The van der Waals surface area contributed by atoms with E-state index >= 15 is 0 Å². The molecule has 0 radical (unpaired) electrons. The molecule has 0 fully saturated rings. The maximum atomic E-state index is 11.6. The standard InChI is InChI=1S/C15H15ClO3S/c1-19-13-8-6-11(7-9-13)15(16)12-4-3-5-14(10-12)20(2,17)18/h3-10,15H,1-2H3. The van der Waals surface area contributed by atoms with Gasteiger partial charge in [-0.25, -0.2) is 8.42 Å². The van der Waals surface area contributed by atoms with Crippen molar-refractivity contribution in [2.24, 2.45) is 0 Å². The summed E-state index contributed by atoms with van der Waals surface area (Å²) in [5, 5.41) is -0.400. The molecule has 2 aromatic carbocycles. The van der Waals surface area contributed by atoms with Gasteiger partial charge in [-0.1, -0.05) is 24.3 Å². The molecule has 5 heteroatoms. The van der Waals surface area contributed by atoms with Crippen LogP contribution in [0.25, 0.3) is 0 Å². The van der Waals surface area contributed by atoms with E-state index < -0.39 is 15.2 Å². The van der Waals surface area contributed by atoms with E-state index in [2.05, 4.69) is 0 Å². The van der Waals surface area contributed by atoms with E-state index in [9.17, 15) is 8.42 Å². The SMILES string of the molecule is COc1ccc(C(Cl)c2cccc(S(C)(=O)=O)c2)cc1. The molecule has 0 aliphatic carbocycles. The number of benzene rings is 2. The van der Waals surface area contributed by atoms with E-state index in [0.29, 0.717) is 0 Å². The first-order chi connectivity index (χ1) is 9.41. The summed E-state index contributed by atoms with van der Waals surface area (Å²) in [4.78, 5) is 0.272. The zero-order valence-corrected chi connectivity index (χ0v) is 12.8. The fraction of sp³-hybridized carbons (Fsp3) is 0.200. The quantitative estimate of drug-likeness (QED) is 0.813. The Hall–Kier alpha value is -1.52. The van der Waals surface area contributed by atoms with Crippen LogP contribution in [0.3, 0.4) is 0 Å². The van der Waals surface area contributed by atoms with Gasteiger partial charge >= 0.3 is 0 Å². The summed E-state index contributed by atoms with van der Waals surface area (Å²) >= 11 is 6.41. The third kappa shape index (κ3) is 3.32. The number of hydrogen-bond acceptors (Lipinski definition) is 3. The average molecular weight is 311 g/mol. The first-order valence-electron chi connectivity index (χ1n) is 6.00. The zero-order chi connectivity index (χ0) is 14.8. The van der Waals surface area contributed by atoms with Crippen LogP contribution in [0.15, 0.2) is 53.4 Å². The third-order valence-corrected chi connectivity index (χ3v) is 4.60. The Morgan fingerprint density at radius 1 is 1.05 bits per heavy atom. The summed E-state index contributed by atoms with van der Waals surface area (Å²) in [5.74, 6) is 0.752. The molecule has 0 aromatic heterocycles. The predicted octanol–water partition coefficient (Wildman–Crippen LogP) is 3.43. The lowest BCUT2D eigenvalue weighted by Crippen LogP contribution is -2.00. The molecule has 1 atom stereocenters. The summed E-state index contributed by atoms with van der Waals surface area (Å²) < 4.78 is 28.2. The van der Waals surface area contributed by atoms with Crippen molar-refractivity contribution >= 4 is 21.4 Å². The Balaban J connectivity index is 2.35. The minimum Gasteiger partial charge on any atom is -0.497 e. The Labute approximate surface area is 124 Å². The number of alkyl halides is 1. The largest absolute Gasteiger partial charge is 0.497 e. The van der Waals surface area contributed by atoms with E-state index in [0.717, 1.165) is 16.9 Å². The normalized spacial score (nSPS) is 12.9. The maximum Gasteiger partial charge on any atom is 0.175 e. The van der Waals surface area contributed by atoms with Gasteiger partial charge in [0.25, 0.3) is 0 Å². The van der Waals surface area contributed by atoms with Crippen LogP contribution >= 0.6 is 11.6 Å². The van der Waals surface area contributed by atoms with Crippen molar-refractivity contribution in [3.05, 3.63) is 59.7 Å². The van der Waals surface area contributed by atoms with Crippen molar-refractivity contribution in [3.63, 3.8) is 0 Å². The number of sulfone groups is 1. The summed E-state index contributed by atoms with van der Waals surface area (Å²) in [7, 11) is -1.63. The maximum absolute atomic E-state index is 11.6. The van der Waals surface area contributed by atoms with E-state index in [1.807, 2.05) is 30.3 Å². The molecule has 0 amide bonds. The van der Waals surface area contributed by atoms with Gasteiger partial charge in [0.05, 0.1) is 17.4 Å². The highest BCUT2D eigenvalue weighted by Gasteiger charge is 2.14. The predicted molar refractivity (Wildman–Crippen MR) is 80.2 cm³/mol. The van der Waals surface area contributed by atoms with Crippen LogP contribution < -0.4 is 4.74 Å². The van der Waals surface area contributed by atoms with Gasteiger partial charge in [0.15, 0.2) is 9.84 Å². The molecule has 0 heterocycles. The lowest BCUT2D eigenvalue weighted by molar-refractivity contribution is 0.414. The van der Waals surface area contributed by atoms with Gasteiger partial charge in [0.1, 0.15) is 5.75 Å². The van der Waals surface area contributed by atoms with Crippen molar-refractivity contribution in [3.8, 4) is 5.75 Å².